The maximum Gasteiger partial charge on any atom is 0.239 e. The van der Waals surface area contributed by atoms with Gasteiger partial charge in [0.05, 0.1) is 6.20 Å². The van der Waals surface area contributed by atoms with Gasteiger partial charge in [0.15, 0.2) is 5.82 Å². The lowest BCUT2D eigenvalue weighted by Gasteiger charge is -2.47. The summed E-state index contributed by atoms with van der Waals surface area (Å²) in [5.74, 6) is 6.39. The quantitative estimate of drug-likeness (QED) is 0.583. The third-order valence-corrected chi connectivity index (χ3v) is 4.83. The van der Waals surface area contributed by atoms with Crippen LogP contribution in [0.5, 0.6) is 0 Å². The molecular formula is C13H21ClN6. The van der Waals surface area contributed by atoms with Gasteiger partial charge in [0.25, 0.3) is 0 Å². The average Bonchev–Trinajstić information content (AvgIpc) is 2.42. The molecule has 110 valence electrons. The first kappa shape index (κ1) is 13.9. The van der Waals surface area contributed by atoms with Gasteiger partial charge in [-0.3, -0.25) is 5.43 Å². The van der Waals surface area contributed by atoms with E-state index in [0.717, 1.165) is 12.8 Å². The van der Waals surface area contributed by atoms with Crippen LogP contribution in [-0.4, -0.2) is 40.0 Å². The van der Waals surface area contributed by atoms with Gasteiger partial charge in [-0.15, -0.1) is 0 Å². The predicted octanol–water partition coefficient (Wildman–Crippen LogP) is 1.84. The number of fused-ring (bicyclic) bond motifs is 2. The number of hydrogen-bond donors (Lipinski definition) is 3. The first-order valence-corrected chi connectivity index (χ1v) is 7.53. The summed E-state index contributed by atoms with van der Waals surface area (Å²) in [5, 5.41) is 4.00. The second-order valence-corrected chi connectivity index (χ2v) is 6.16. The lowest BCUT2D eigenvalue weighted by molar-refractivity contribution is 0.0608. The van der Waals surface area contributed by atoms with E-state index < -0.39 is 0 Å². The summed E-state index contributed by atoms with van der Waals surface area (Å²) in [5.41, 5.74) is 2.45. The zero-order chi connectivity index (χ0) is 14.1. The van der Waals surface area contributed by atoms with Gasteiger partial charge in [-0.25, -0.2) is 10.8 Å². The van der Waals surface area contributed by atoms with E-state index in [1.54, 1.807) is 6.20 Å². The maximum absolute atomic E-state index is 6.16. The molecule has 0 saturated carbocycles. The SMILES string of the molecule is CN1C2CCCC1CC(Nc1nc(NN)ncc1Cl)C2. The molecule has 2 fully saturated rings. The Morgan fingerprint density at radius 2 is 2.05 bits per heavy atom. The van der Waals surface area contributed by atoms with Crippen molar-refractivity contribution >= 4 is 23.4 Å². The lowest BCUT2D eigenvalue weighted by atomic mass is 9.82. The van der Waals surface area contributed by atoms with Gasteiger partial charge in [0, 0.05) is 18.1 Å². The largest absolute Gasteiger partial charge is 0.366 e. The molecule has 3 heterocycles. The zero-order valence-corrected chi connectivity index (χ0v) is 12.4. The van der Waals surface area contributed by atoms with Crippen molar-refractivity contribution in [2.45, 2.75) is 50.2 Å². The fourth-order valence-corrected chi connectivity index (χ4v) is 3.61. The van der Waals surface area contributed by atoms with Gasteiger partial charge in [-0.05, 0) is 32.7 Å². The van der Waals surface area contributed by atoms with Crippen molar-refractivity contribution in [1.29, 1.82) is 0 Å². The molecular weight excluding hydrogens is 276 g/mol. The molecule has 1 aromatic rings. The molecule has 2 aliphatic rings. The Morgan fingerprint density at radius 1 is 1.35 bits per heavy atom. The molecule has 6 nitrogen and oxygen atoms in total. The summed E-state index contributed by atoms with van der Waals surface area (Å²) in [6.45, 7) is 0. The summed E-state index contributed by atoms with van der Waals surface area (Å²) in [6, 6.07) is 1.76. The lowest BCUT2D eigenvalue weighted by Crippen LogP contribution is -2.52. The number of nitrogens with zero attached hydrogens (tertiary/aromatic N) is 3. The molecule has 3 rings (SSSR count). The predicted molar refractivity (Wildman–Crippen MR) is 80.7 cm³/mol. The van der Waals surface area contributed by atoms with Crippen LogP contribution in [0.2, 0.25) is 5.02 Å². The molecule has 0 radical (unpaired) electrons. The molecule has 0 aliphatic carbocycles. The highest BCUT2D eigenvalue weighted by molar-refractivity contribution is 6.32. The van der Waals surface area contributed by atoms with Crippen molar-refractivity contribution in [2.24, 2.45) is 5.84 Å². The van der Waals surface area contributed by atoms with Crippen LogP contribution in [0.15, 0.2) is 6.20 Å². The number of hydrazine groups is 1. The molecule has 2 bridgehead atoms. The molecule has 2 unspecified atom stereocenters. The number of nitrogens with two attached hydrogens (primary N) is 1. The van der Waals surface area contributed by atoms with Crippen LogP contribution < -0.4 is 16.6 Å². The van der Waals surface area contributed by atoms with Crippen LogP contribution in [-0.2, 0) is 0 Å². The number of piperidine rings is 2. The molecule has 2 atom stereocenters. The first-order chi connectivity index (χ1) is 9.67. The summed E-state index contributed by atoms with van der Waals surface area (Å²) in [7, 11) is 2.25. The normalized spacial score (nSPS) is 30.1. The maximum atomic E-state index is 6.16. The van der Waals surface area contributed by atoms with Gasteiger partial charge < -0.3 is 10.2 Å². The van der Waals surface area contributed by atoms with Crippen LogP contribution >= 0.6 is 11.6 Å². The Hall–Kier alpha value is -1.11. The van der Waals surface area contributed by atoms with E-state index in [2.05, 4.69) is 32.7 Å². The van der Waals surface area contributed by atoms with Crippen molar-refractivity contribution in [3.8, 4) is 0 Å². The zero-order valence-electron chi connectivity index (χ0n) is 11.6. The van der Waals surface area contributed by atoms with E-state index in [0.29, 0.717) is 34.9 Å². The molecule has 7 heteroatoms. The highest BCUT2D eigenvalue weighted by Gasteiger charge is 2.36. The monoisotopic (exact) mass is 296 g/mol. The molecule has 0 amide bonds. The summed E-state index contributed by atoms with van der Waals surface area (Å²) in [6.07, 6.45) is 7.78. The topological polar surface area (TPSA) is 79.1 Å². The number of nitrogens with one attached hydrogen (secondary N) is 2. The number of nitrogen functional groups attached to an aromatic ring is 1. The minimum Gasteiger partial charge on any atom is -0.366 e. The van der Waals surface area contributed by atoms with Gasteiger partial charge >= 0.3 is 0 Å². The Labute approximate surface area is 124 Å². The van der Waals surface area contributed by atoms with E-state index in [4.69, 9.17) is 17.4 Å². The van der Waals surface area contributed by atoms with Crippen LogP contribution in [0.4, 0.5) is 11.8 Å². The van der Waals surface area contributed by atoms with E-state index in [1.165, 1.54) is 19.3 Å². The first-order valence-electron chi connectivity index (χ1n) is 7.15. The highest BCUT2D eigenvalue weighted by atomic mass is 35.5. The minimum atomic E-state index is 0.380. The van der Waals surface area contributed by atoms with Crippen molar-refractivity contribution in [1.82, 2.24) is 14.9 Å². The number of hydrogen-bond acceptors (Lipinski definition) is 6. The third kappa shape index (κ3) is 2.68. The summed E-state index contributed by atoms with van der Waals surface area (Å²) in [4.78, 5) is 10.8. The summed E-state index contributed by atoms with van der Waals surface area (Å²) < 4.78 is 0. The third-order valence-electron chi connectivity index (χ3n) is 4.55. The molecule has 1 aromatic heterocycles. The van der Waals surface area contributed by atoms with Crippen molar-refractivity contribution in [2.75, 3.05) is 17.8 Å². The van der Waals surface area contributed by atoms with Gasteiger partial charge in [0.1, 0.15) is 5.02 Å². The molecule has 0 aromatic carbocycles. The molecule has 4 N–H and O–H groups in total. The van der Waals surface area contributed by atoms with Crippen LogP contribution in [0, 0.1) is 0 Å². The van der Waals surface area contributed by atoms with E-state index >= 15 is 0 Å². The Morgan fingerprint density at radius 3 is 2.70 bits per heavy atom. The van der Waals surface area contributed by atoms with Gasteiger partial charge in [-0.2, -0.15) is 4.98 Å². The fraction of sp³-hybridized carbons (Fsp3) is 0.692. The van der Waals surface area contributed by atoms with Crippen molar-refractivity contribution in [3.05, 3.63) is 11.2 Å². The second kappa shape index (κ2) is 5.71. The van der Waals surface area contributed by atoms with E-state index in [-0.39, 0.29) is 0 Å². The molecule has 0 spiro atoms. The second-order valence-electron chi connectivity index (χ2n) is 5.75. The van der Waals surface area contributed by atoms with Crippen molar-refractivity contribution < 1.29 is 0 Å². The van der Waals surface area contributed by atoms with Gasteiger partial charge in [0.2, 0.25) is 5.95 Å². The summed E-state index contributed by atoms with van der Waals surface area (Å²) >= 11 is 6.16. The Bertz CT molecular complexity index is 468. The average molecular weight is 297 g/mol. The van der Waals surface area contributed by atoms with E-state index in [9.17, 15) is 0 Å². The molecule has 2 saturated heterocycles. The van der Waals surface area contributed by atoms with Crippen LogP contribution in [0.25, 0.3) is 0 Å². The number of anilines is 2. The van der Waals surface area contributed by atoms with E-state index in [1.807, 2.05) is 0 Å². The Balaban J connectivity index is 1.72. The van der Waals surface area contributed by atoms with Crippen molar-refractivity contribution in [3.63, 3.8) is 0 Å². The number of halogens is 1. The standard InChI is InChI=1S/C13H21ClN6/c1-20-9-3-2-4-10(20)6-8(5-9)17-12-11(14)7-16-13(18-12)19-15/h7-10H,2-6,15H2,1H3,(H2,16,17,18,19). The highest BCUT2D eigenvalue weighted by Crippen LogP contribution is 2.34. The number of rotatable bonds is 3. The smallest absolute Gasteiger partial charge is 0.239 e. The fourth-order valence-electron chi connectivity index (χ4n) is 3.46. The van der Waals surface area contributed by atoms with Gasteiger partial charge in [-0.1, -0.05) is 18.0 Å². The van der Waals surface area contributed by atoms with Crippen LogP contribution in [0.1, 0.15) is 32.1 Å². The Kier molecular flexibility index (Phi) is 3.96. The minimum absolute atomic E-state index is 0.380. The molecule has 2 aliphatic heterocycles. The number of aromatic nitrogens is 2. The van der Waals surface area contributed by atoms with Crippen LogP contribution in [0.3, 0.4) is 0 Å². The molecule has 20 heavy (non-hydrogen) atoms.